The zero-order valence-electron chi connectivity index (χ0n) is 13.1. The van der Waals surface area contributed by atoms with Crippen LogP contribution in [0.3, 0.4) is 0 Å². The third kappa shape index (κ3) is 2.84. The van der Waals surface area contributed by atoms with E-state index in [-0.39, 0.29) is 16.2 Å². The predicted octanol–water partition coefficient (Wildman–Crippen LogP) is 2.10. The zero-order valence-corrected chi connectivity index (χ0v) is 13.9. The number of hydrogen-bond acceptors (Lipinski definition) is 4. The van der Waals surface area contributed by atoms with Gasteiger partial charge in [-0.25, -0.2) is 0 Å². The maximum absolute atomic E-state index is 12.6. The molecule has 21 heavy (non-hydrogen) atoms. The Morgan fingerprint density at radius 2 is 2.10 bits per heavy atom. The second kappa shape index (κ2) is 5.54. The monoisotopic (exact) mass is 307 g/mol. The summed E-state index contributed by atoms with van der Waals surface area (Å²) in [6.07, 6.45) is 5.10. The molecule has 1 aromatic heterocycles. The van der Waals surface area contributed by atoms with Crippen LogP contribution < -0.4 is 10.0 Å². The first kappa shape index (κ1) is 15.3. The van der Waals surface area contributed by atoms with E-state index in [9.17, 15) is 4.55 Å². The fraction of sp³-hybridized carbons (Fsp3) is 0.688. The molecular weight excluding hydrogens is 282 g/mol. The summed E-state index contributed by atoms with van der Waals surface area (Å²) < 4.78 is 15.8. The van der Waals surface area contributed by atoms with Gasteiger partial charge in [-0.15, -0.1) is 4.72 Å². The van der Waals surface area contributed by atoms with Gasteiger partial charge in [0.1, 0.15) is 4.75 Å². The minimum Gasteiger partial charge on any atom is -0.598 e. The van der Waals surface area contributed by atoms with Crippen LogP contribution >= 0.6 is 0 Å². The van der Waals surface area contributed by atoms with Crippen LogP contribution in [-0.2, 0) is 17.8 Å². The lowest BCUT2D eigenvalue weighted by molar-refractivity contribution is 0.163. The quantitative estimate of drug-likeness (QED) is 0.822. The molecule has 2 N–H and O–H groups in total. The SMILES string of the molecule is CC(C)(C)[S+]([O-])N[C@@H]1c2cccnc2CC12CCNCC2. The summed E-state index contributed by atoms with van der Waals surface area (Å²) in [6.45, 7) is 8.13. The van der Waals surface area contributed by atoms with Crippen molar-refractivity contribution in [2.24, 2.45) is 5.41 Å². The first-order valence-corrected chi connectivity index (χ1v) is 8.90. The van der Waals surface area contributed by atoms with Crippen LogP contribution in [0.1, 0.15) is 50.9 Å². The molecule has 2 heterocycles. The molecule has 1 aliphatic heterocycles. The molecule has 2 atom stereocenters. The molecule has 116 valence electrons. The van der Waals surface area contributed by atoms with Crippen LogP contribution in [0.25, 0.3) is 0 Å². The Bertz CT molecular complexity index is 508. The summed E-state index contributed by atoms with van der Waals surface area (Å²) in [5.41, 5.74) is 2.60. The molecule has 1 aromatic rings. The van der Waals surface area contributed by atoms with Crippen molar-refractivity contribution in [1.29, 1.82) is 0 Å². The number of hydrogen-bond donors (Lipinski definition) is 2. The lowest BCUT2D eigenvalue weighted by atomic mass is 9.74. The van der Waals surface area contributed by atoms with Crippen molar-refractivity contribution in [3.63, 3.8) is 0 Å². The highest BCUT2D eigenvalue weighted by molar-refractivity contribution is 7.90. The summed E-state index contributed by atoms with van der Waals surface area (Å²) in [5, 5.41) is 3.44. The normalized spacial score (nSPS) is 25.8. The van der Waals surface area contributed by atoms with Gasteiger partial charge in [0.25, 0.3) is 0 Å². The van der Waals surface area contributed by atoms with Gasteiger partial charge in [-0.1, -0.05) is 6.07 Å². The molecule has 1 aliphatic carbocycles. The smallest absolute Gasteiger partial charge is 0.136 e. The molecule has 4 nitrogen and oxygen atoms in total. The number of rotatable bonds is 2. The average molecular weight is 307 g/mol. The van der Waals surface area contributed by atoms with Crippen molar-refractivity contribution >= 4 is 11.4 Å². The number of aromatic nitrogens is 1. The van der Waals surface area contributed by atoms with Gasteiger partial charge in [0.2, 0.25) is 0 Å². The van der Waals surface area contributed by atoms with Gasteiger partial charge in [0.05, 0.1) is 6.04 Å². The molecule has 0 saturated carbocycles. The van der Waals surface area contributed by atoms with Crippen LogP contribution in [0.5, 0.6) is 0 Å². The highest BCUT2D eigenvalue weighted by Crippen LogP contribution is 2.51. The molecule has 1 fully saturated rings. The Balaban J connectivity index is 1.92. The molecule has 3 rings (SSSR count). The predicted molar refractivity (Wildman–Crippen MR) is 86.2 cm³/mol. The summed E-state index contributed by atoms with van der Waals surface area (Å²) in [5.74, 6) is 0. The third-order valence-electron chi connectivity index (χ3n) is 4.75. The Hall–Kier alpha value is -0.620. The number of pyridine rings is 1. The second-order valence-corrected chi connectivity index (χ2v) is 9.26. The molecule has 1 saturated heterocycles. The van der Waals surface area contributed by atoms with E-state index in [0.29, 0.717) is 0 Å². The van der Waals surface area contributed by atoms with Gasteiger partial charge in [0, 0.05) is 28.7 Å². The molecule has 0 amide bonds. The molecule has 1 spiro atoms. The topological polar surface area (TPSA) is 60.0 Å². The Morgan fingerprint density at radius 3 is 2.76 bits per heavy atom. The molecular formula is C16H25N3OS. The maximum atomic E-state index is 12.6. The summed E-state index contributed by atoms with van der Waals surface area (Å²) in [7, 11) is 0. The minimum absolute atomic E-state index is 0.156. The lowest BCUT2D eigenvalue weighted by Gasteiger charge is -2.40. The van der Waals surface area contributed by atoms with Gasteiger partial charge in [-0.05, 0) is 64.8 Å². The lowest BCUT2D eigenvalue weighted by Crippen LogP contribution is -2.48. The fourth-order valence-electron chi connectivity index (χ4n) is 3.49. The van der Waals surface area contributed by atoms with Crippen molar-refractivity contribution < 1.29 is 4.55 Å². The Labute approximate surface area is 130 Å². The van der Waals surface area contributed by atoms with Gasteiger partial charge in [-0.2, -0.15) is 0 Å². The Morgan fingerprint density at radius 1 is 1.38 bits per heavy atom. The summed E-state index contributed by atoms with van der Waals surface area (Å²) >= 11 is -1.06. The van der Waals surface area contributed by atoms with Crippen LogP contribution in [0.2, 0.25) is 0 Å². The van der Waals surface area contributed by atoms with Crippen LogP contribution in [-0.4, -0.2) is 27.4 Å². The highest BCUT2D eigenvalue weighted by atomic mass is 32.2. The fourth-order valence-corrected chi connectivity index (χ4v) is 4.43. The minimum atomic E-state index is -1.06. The van der Waals surface area contributed by atoms with E-state index >= 15 is 0 Å². The molecule has 1 unspecified atom stereocenters. The average Bonchev–Trinajstić information content (AvgIpc) is 2.72. The van der Waals surface area contributed by atoms with Gasteiger partial charge >= 0.3 is 0 Å². The first-order valence-electron chi connectivity index (χ1n) is 7.75. The van der Waals surface area contributed by atoms with Crippen LogP contribution in [0.15, 0.2) is 18.3 Å². The van der Waals surface area contributed by atoms with Crippen molar-refractivity contribution in [2.45, 2.75) is 50.8 Å². The third-order valence-corrected chi connectivity index (χ3v) is 6.31. The van der Waals surface area contributed by atoms with Gasteiger partial charge in [-0.3, -0.25) is 4.98 Å². The first-order chi connectivity index (χ1) is 9.92. The van der Waals surface area contributed by atoms with Crippen LogP contribution in [0, 0.1) is 5.41 Å². The van der Waals surface area contributed by atoms with E-state index in [1.807, 2.05) is 33.0 Å². The van der Waals surface area contributed by atoms with E-state index in [1.54, 1.807) is 0 Å². The number of nitrogens with zero attached hydrogens (tertiary/aromatic N) is 1. The highest BCUT2D eigenvalue weighted by Gasteiger charge is 2.50. The largest absolute Gasteiger partial charge is 0.598 e. The molecule has 2 aliphatic rings. The van der Waals surface area contributed by atoms with Crippen molar-refractivity contribution in [3.05, 3.63) is 29.6 Å². The molecule has 0 bridgehead atoms. The maximum Gasteiger partial charge on any atom is 0.136 e. The second-order valence-electron chi connectivity index (χ2n) is 7.26. The van der Waals surface area contributed by atoms with E-state index in [1.165, 1.54) is 11.3 Å². The number of fused-ring (bicyclic) bond motifs is 1. The molecule has 0 radical (unpaired) electrons. The summed E-state index contributed by atoms with van der Waals surface area (Å²) in [6, 6.07) is 4.30. The molecule has 5 heteroatoms. The standard InChI is InChI=1S/C16H25N3OS/c1-15(2,3)21(20)19-14-12-5-4-8-18-13(12)11-16(14)6-9-17-10-7-16/h4-5,8,14,17,19H,6-7,9-11H2,1-3H3/t14-,21?/m1/s1. The van der Waals surface area contributed by atoms with Gasteiger partial charge < -0.3 is 9.87 Å². The van der Waals surface area contributed by atoms with E-state index in [4.69, 9.17) is 0 Å². The van der Waals surface area contributed by atoms with Crippen molar-refractivity contribution in [3.8, 4) is 0 Å². The van der Waals surface area contributed by atoms with E-state index < -0.39 is 11.4 Å². The summed E-state index contributed by atoms with van der Waals surface area (Å²) in [4.78, 5) is 4.57. The van der Waals surface area contributed by atoms with Gasteiger partial charge in [0.15, 0.2) is 0 Å². The van der Waals surface area contributed by atoms with E-state index in [0.717, 1.165) is 32.4 Å². The van der Waals surface area contributed by atoms with Crippen molar-refractivity contribution in [1.82, 2.24) is 15.0 Å². The number of piperidine rings is 1. The van der Waals surface area contributed by atoms with Crippen molar-refractivity contribution in [2.75, 3.05) is 13.1 Å². The zero-order chi connectivity index (χ0) is 15.1. The van der Waals surface area contributed by atoms with Crippen LogP contribution in [0.4, 0.5) is 0 Å². The Kier molecular flexibility index (Phi) is 4.03. The number of nitrogens with one attached hydrogen (secondary N) is 2. The van der Waals surface area contributed by atoms with E-state index in [2.05, 4.69) is 21.1 Å². The molecule has 0 aromatic carbocycles.